The van der Waals surface area contributed by atoms with Gasteiger partial charge in [0, 0.05) is 12.5 Å². The van der Waals surface area contributed by atoms with Crippen molar-refractivity contribution in [3.8, 4) is 11.5 Å². The van der Waals surface area contributed by atoms with Crippen molar-refractivity contribution in [1.29, 1.82) is 0 Å². The van der Waals surface area contributed by atoms with Gasteiger partial charge in [-0.15, -0.1) is 0 Å². The van der Waals surface area contributed by atoms with Crippen molar-refractivity contribution in [3.63, 3.8) is 0 Å². The summed E-state index contributed by atoms with van der Waals surface area (Å²) in [6, 6.07) is 11.1. The summed E-state index contributed by atoms with van der Waals surface area (Å²) in [6.45, 7) is 2.09. The molecule has 0 heterocycles. The van der Waals surface area contributed by atoms with Crippen molar-refractivity contribution >= 4 is 12.9 Å². The molecule has 0 bridgehead atoms. The second kappa shape index (κ2) is 7.18. The van der Waals surface area contributed by atoms with E-state index in [9.17, 15) is 14.4 Å². The van der Waals surface area contributed by atoms with E-state index in [1.54, 1.807) is 0 Å². The van der Waals surface area contributed by atoms with Gasteiger partial charge in [-0.3, -0.25) is 4.57 Å². The van der Waals surface area contributed by atoms with Crippen molar-refractivity contribution in [2.45, 2.75) is 19.8 Å². The van der Waals surface area contributed by atoms with E-state index in [2.05, 4.69) is 19.1 Å². The molecular formula is C17H21O5P. The van der Waals surface area contributed by atoms with Gasteiger partial charge in [0.25, 0.3) is 0 Å². The summed E-state index contributed by atoms with van der Waals surface area (Å²) < 4.78 is 22.1. The van der Waals surface area contributed by atoms with E-state index in [0.717, 1.165) is 12.0 Å². The van der Waals surface area contributed by atoms with E-state index < -0.39 is 7.60 Å². The molecule has 0 aliphatic heterocycles. The molecule has 5 nitrogen and oxygen atoms in total. The Bertz CT molecular complexity index is 719. The van der Waals surface area contributed by atoms with Gasteiger partial charge in [0.2, 0.25) is 0 Å². The molecular weight excluding hydrogens is 315 g/mol. The first kappa shape index (κ1) is 17.5. The Kier molecular flexibility index (Phi) is 5.47. The fourth-order valence-electron chi connectivity index (χ4n) is 2.43. The molecule has 2 N–H and O–H groups in total. The predicted molar refractivity (Wildman–Crippen MR) is 89.9 cm³/mol. The number of aryl methyl sites for hydroxylation is 1. The van der Waals surface area contributed by atoms with Crippen molar-refractivity contribution in [3.05, 3.63) is 53.1 Å². The highest BCUT2D eigenvalue weighted by molar-refractivity contribution is 7.60. The van der Waals surface area contributed by atoms with Crippen LogP contribution in [0, 0.1) is 0 Å². The Morgan fingerprint density at radius 1 is 0.957 bits per heavy atom. The first-order valence-electron chi connectivity index (χ1n) is 7.27. The minimum Gasteiger partial charge on any atom is -0.496 e. The van der Waals surface area contributed by atoms with Crippen LogP contribution in [0.5, 0.6) is 11.5 Å². The molecule has 2 aromatic rings. The molecule has 0 saturated carbocycles. The van der Waals surface area contributed by atoms with Crippen LogP contribution in [0.3, 0.4) is 0 Å². The predicted octanol–water partition coefficient (Wildman–Crippen LogP) is 2.66. The number of rotatable bonds is 6. The minimum absolute atomic E-state index is 0.124. The third kappa shape index (κ3) is 4.14. The Labute approximate surface area is 136 Å². The van der Waals surface area contributed by atoms with E-state index in [0.29, 0.717) is 17.7 Å². The molecule has 2 rings (SSSR count). The molecule has 124 valence electrons. The average Bonchev–Trinajstić information content (AvgIpc) is 2.54. The fourth-order valence-corrected chi connectivity index (χ4v) is 3.19. The summed E-state index contributed by atoms with van der Waals surface area (Å²) in [4.78, 5) is 19.0. The zero-order valence-electron chi connectivity index (χ0n) is 13.4. The SMILES string of the molecule is CCc1ccc(Cc2cc(P(=O)(O)O)c(OC)cc2OC)cc1. The number of benzene rings is 2. The van der Waals surface area contributed by atoms with Gasteiger partial charge in [-0.05, 0) is 29.2 Å². The molecule has 0 aromatic heterocycles. The lowest BCUT2D eigenvalue weighted by atomic mass is 10.0. The lowest BCUT2D eigenvalue weighted by Crippen LogP contribution is -2.11. The van der Waals surface area contributed by atoms with Crippen molar-refractivity contribution in [2.75, 3.05) is 14.2 Å². The Morgan fingerprint density at radius 2 is 1.52 bits per heavy atom. The average molecular weight is 336 g/mol. The standard InChI is InChI=1S/C17H21O5P/c1-4-12-5-7-13(8-6-12)9-14-10-17(23(18,19)20)16(22-3)11-15(14)21-2/h5-8,10-11H,4,9H2,1-3H3,(H2,18,19,20). The molecule has 23 heavy (non-hydrogen) atoms. The Morgan fingerprint density at radius 3 is 2.00 bits per heavy atom. The maximum absolute atomic E-state index is 11.7. The van der Waals surface area contributed by atoms with Gasteiger partial charge in [0.1, 0.15) is 16.8 Å². The summed E-state index contributed by atoms with van der Waals surface area (Å²) >= 11 is 0. The molecule has 2 aromatic carbocycles. The normalized spacial score (nSPS) is 11.3. The highest BCUT2D eigenvalue weighted by Crippen LogP contribution is 2.40. The third-order valence-corrected chi connectivity index (χ3v) is 4.70. The number of hydrogen-bond donors (Lipinski definition) is 2. The van der Waals surface area contributed by atoms with Crippen LogP contribution in [-0.4, -0.2) is 24.0 Å². The zero-order valence-corrected chi connectivity index (χ0v) is 14.3. The van der Waals surface area contributed by atoms with Crippen LogP contribution >= 0.6 is 7.60 Å². The number of methoxy groups -OCH3 is 2. The third-order valence-electron chi connectivity index (χ3n) is 3.72. The van der Waals surface area contributed by atoms with Gasteiger partial charge in [-0.2, -0.15) is 0 Å². The minimum atomic E-state index is -4.43. The first-order chi connectivity index (χ1) is 10.9. The zero-order chi connectivity index (χ0) is 17.0. The van der Waals surface area contributed by atoms with Crippen LogP contribution in [0.4, 0.5) is 0 Å². The van der Waals surface area contributed by atoms with E-state index in [-0.39, 0.29) is 11.1 Å². The van der Waals surface area contributed by atoms with E-state index in [1.807, 2.05) is 12.1 Å². The number of hydrogen-bond acceptors (Lipinski definition) is 3. The Balaban J connectivity index is 2.45. The van der Waals surface area contributed by atoms with Crippen LogP contribution in [0.2, 0.25) is 0 Å². The van der Waals surface area contributed by atoms with Crippen molar-refractivity contribution < 1.29 is 23.8 Å². The van der Waals surface area contributed by atoms with Crippen LogP contribution in [0.1, 0.15) is 23.6 Å². The van der Waals surface area contributed by atoms with Crippen LogP contribution < -0.4 is 14.8 Å². The molecule has 0 saturated heterocycles. The first-order valence-corrected chi connectivity index (χ1v) is 8.89. The van der Waals surface area contributed by atoms with Crippen molar-refractivity contribution in [1.82, 2.24) is 0 Å². The van der Waals surface area contributed by atoms with Crippen LogP contribution in [-0.2, 0) is 17.4 Å². The van der Waals surface area contributed by atoms with Gasteiger partial charge < -0.3 is 19.3 Å². The van der Waals surface area contributed by atoms with Gasteiger partial charge in [-0.1, -0.05) is 31.2 Å². The van der Waals surface area contributed by atoms with E-state index in [4.69, 9.17) is 9.47 Å². The van der Waals surface area contributed by atoms with Gasteiger partial charge >= 0.3 is 7.60 Å². The summed E-state index contributed by atoms with van der Waals surface area (Å²) in [5, 5.41) is -0.124. The molecule has 0 radical (unpaired) electrons. The molecule has 0 unspecified atom stereocenters. The second-order valence-corrected chi connectivity index (χ2v) is 6.80. The van der Waals surface area contributed by atoms with Gasteiger partial charge in [-0.25, -0.2) is 0 Å². The molecule has 0 aliphatic rings. The van der Waals surface area contributed by atoms with E-state index >= 15 is 0 Å². The topological polar surface area (TPSA) is 76.0 Å². The van der Waals surface area contributed by atoms with Crippen molar-refractivity contribution in [2.24, 2.45) is 0 Å². The molecule has 0 amide bonds. The lowest BCUT2D eigenvalue weighted by Gasteiger charge is -2.15. The van der Waals surface area contributed by atoms with Gasteiger partial charge in [0.15, 0.2) is 0 Å². The summed E-state index contributed by atoms with van der Waals surface area (Å²) in [5.74, 6) is 0.666. The van der Waals surface area contributed by atoms with Gasteiger partial charge in [0.05, 0.1) is 14.2 Å². The van der Waals surface area contributed by atoms with E-state index in [1.165, 1.54) is 31.9 Å². The highest BCUT2D eigenvalue weighted by Gasteiger charge is 2.25. The fraction of sp³-hybridized carbons (Fsp3) is 0.294. The van der Waals surface area contributed by atoms with Crippen LogP contribution in [0.15, 0.2) is 36.4 Å². The summed E-state index contributed by atoms with van der Waals surface area (Å²) in [7, 11) is -1.53. The highest BCUT2D eigenvalue weighted by atomic mass is 31.2. The Hall–Kier alpha value is -1.81. The molecule has 6 heteroatoms. The second-order valence-electron chi connectivity index (χ2n) is 5.23. The smallest absolute Gasteiger partial charge is 0.359 e. The molecule has 0 fully saturated rings. The molecule has 0 aliphatic carbocycles. The van der Waals surface area contributed by atoms with Crippen LogP contribution in [0.25, 0.3) is 0 Å². The quantitative estimate of drug-likeness (QED) is 0.793. The lowest BCUT2D eigenvalue weighted by molar-refractivity contribution is 0.377. The summed E-state index contributed by atoms with van der Waals surface area (Å²) in [6.07, 6.45) is 1.48. The monoisotopic (exact) mass is 336 g/mol. The molecule has 0 atom stereocenters. The summed E-state index contributed by atoms with van der Waals surface area (Å²) in [5.41, 5.74) is 2.99. The maximum Gasteiger partial charge on any atom is 0.359 e. The number of ether oxygens (including phenoxy) is 2. The maximum atomic E-state index is 11.7. The largest absolute Gasteiger partial charge is 0.496 e. The molecule has 0 spiro atoms.